The van der Waals surface area contributed by atoms with Crippen molar-refractivity contribution in [3.05, 3.63) is 40.6 Å². The summed E-state index contributed by atoms with van der Waals surface area (Å²) in [4.78, 5) is 0. The molecule has 0 fully saturated rings. The van der Waals surface area contributed by atoms with Crippen LogP contribution in [0, 0.1) is 20.8 Å². The van der Waals surface area contributed by atoms with Gasteiger partial charge in [0.05, 0.1) is 5.69 Å². The highest BCUT2D eigenvalue weighted by Gasteiger charge is 2.15. The fourth-order valence-corrected chi connectivity index (χ4v) is 2.02. The minimum atomic E-state index is 0.611. The van der Waals surface area contributed by atoms with Crippen LogP contribution in [0.2, 0.25) is 0 Å². The van der Waals surface area contributed by atoms with Gasteiger partial charge in [0.1, 0.15) is 0 Å². The molecule has 0 amide bonds. The normalized spacial score (nSPS) is 10.8. The van der Waals surface area contributed by atoms with E-state index in [9.17, 15) is 0 Å². The van der Waals surface area contributed by atoms with Crippen LogP contribution in [0.25, 0.3) is 11.3 Å². The molecule has 3 nitrogen and oxygen atoms in total. The van der Waals surface area contributed by atoms with Crippen molar-refractivity contribution < 1.29 is 4.52 Å². The number of hydrogen-bond donors (Lipinski definition) is 1. The monoisotopic (exact) mass is 230 g/mol. The third-order valence-electron chi connectivity index (χ3n) is 3.02. The number of nitrogens with zero attached hydrogens (tertiary/aromatic N) is 1. The average Bonchev–Trinajstić information content (AvgIpc) is 2.65. The number of hydrogen-bond acceptors (Lipinski definition) is 3. The Morgan fingerprint density at radius 1 is 1.24 bits per heavy atom. The summed E-state index contributed by atoms with van der Waals surface area (Å²) >= 11 is 0. The predicted octanol–water partition coefficient (Wildman–Crippen LogP) is 2.77. The van der Waals surface area contributed by atoms with Crippen molar-refractivity contribution in [2.75, 3.05) is 6.54 Å². The second-order valence-electron chi connectivity index (χ2n) is 4.43. The van der Waals surface area contributed by atoms with Crippen molar-refractivity contribution in [3.8, 4) is 11.3 Å². The van der Waals surface area contributed by atoms with Gasteiger partial charge >= 0.3 is 0 Å². The number of aromatic nitrogens is 1. The number of benzene rings is 1. The average molecular weight is 230 g/mol. The van der Waals surface area contributed by atoms with E-state index in [2.05, 4.69) is 37.2 Å². The van der Waals surface area contributed by atoms with E-state index in [0.29, 0.717) is 6.54 Å². The minimum absolute atomic E-state index is 0.611. The molecule has 0 bridgehead atoms. The van der Waals surface area contributed by atoms with Crippen molar-refractivity contribution >= 4 is 0 Å². The SMILES string of the molecule is Cc1ccc(C)c(-c2onc(C)c2CCN)c1. The Morgan fingerprint density at radius 2 is 2.00 bits per heavy atom. The van der Waals surface area contributed by atoms with Gasteiger partial charge in [0.2, 0.25) is 0 Å². The molecule has 0 aliphatic rings. The second-order valence-corrected chi connectivity index (χ2v) is 4.43. The van der Waals surface area contributed by atoms with E-state index >= 15 is 0 Å². The van der Waals surface area contributed by atoms with E-state index in [4.69, 9.17) is 10.3 Å². The molecule has 0 saturated heterocycles. The molecular formula is C14H18N2O. The van der Waals surface area contributed by atoms with Gasteiger partial charge in [-0.3, -0.25) is 0 Å². The molecule has 1 aromatic heterocycles. The molecule has 1 heterocycles. The number of nitrogens with two attached hydrogens (primary N) is 1. The molecule has 1 aromatic carbocycles. The molecule has 90 valence electrons. The van der Waals surface area contributed by atoms with Gasteiger partial charge in [-0.25, -0.2) is 0 Å². The molecule has 0 unspecified atom stereocenters. The maximum atomic E-state index is 5.63. The molecule has 2 aromatic rings. The van der Waals surface area contributed by atoms with Crippen LogP contribution in [0.1, 0.15) is 22.4 Å². The van der Waals surface area contributed by atoms with Crippen molar-refractivity contribution in [2.24, 2.45) is 5.73 Å². The van der Waals surface area contributed by atoms with Gasteiger partial charge in [-0.2, -0.15) is 0 Å². The van der Waals surface area contributed by atoms with Gasteiger partial charge < -0.3 is 10.3 Å². The largest absolute Gasteiger partial charge is 0.356 e. The zero-order valence-electron chi connectivity index (χ0n) is 10.6. The van der Waals surface area contributed by atoms with E-state index in [-0.39, 0.29) is 0 Å². The Hall–Kier alpha value is -1.61. The molecule has 0 saturated carbocycles. The summed E-state index contributed by atoms with van der Waals surface area (Å²) in [5.74, 6) is 0.870. The van der Waals surface area contributed by atoms with E-state index in [0.717, 1.165) is 29.0 Å². The Morgan fingerprint density at radius 3 is 2.71 bits per heavy atom. The van der Waals surface area contributed by atoms with Crippen LogP contribution < -0.4 is 5.73 Å². The van der Waals surface area contributed by atoms with Crippen molar-refractivity contribution in [2.45, 2.75) is 27.2 Å². The molecule has 3 heteroatoms. The Kier molecular flexibility index (Phi) is 3.29. The van der Waals surface area contributed by atoms with Gasteiger partial charge in [0.15, 0.2) is 5.76 Å². The third kappa shape index (κ3) is 2.24. The summed E-state index contributed by atoms with van der Waals surface area (Å²) in [6, 6.07) is 6.34. The molecular weight excluding hydrogens is 212 g/mol. The minimum Gasteiger partial charge on any atom is -0.356 e. The summed E-state index contributed by atoms with van der Waals surface area (Å²) in [6.07, 6.45) is 0.804. The Labute approximate surface area is 102 Å². The smallest absolute Gasteiger partial charge is 0.170 e. The van der Waals surface area contributed by atoms with Crippen LogP contribution >= 0.6 is 0 Å². The predicted molar refractivity (Wildman–Crippen MR) is 68.9 cm³/mol. The summed E-state index contributed by atoms with van der Waals surface area (Å²) in [5.41, 5.74) is 11.2. The first-order valence-corrected chi connectivity index (χ1v) is 5.86. The fraction of sp³-hybridized carbons (Fsp3) is 0.357. The van der Waals surface area contributed by atoms with Gasteiger partial charge in [-0.05, 0) is 45.4 Å². The van der Waals surface area contributed by atoms with Gasteiger partial charge in [0.25, 0.3) is 0 Å². The lowest BCUT2D eigenvalue weighted by Gasteiger charge is -2.06. The van der Waals surface area contributed by atoms with Crippen LogP contribution in [0.15, 0.2) is 22.7 Å². The van der Waals surface area contributed by atoms with Crippen LogP contribution in [0.5, 0.6) is 0 Å². The zero-order chi connectivity index (χ0) is 12.4. The van der Waals surface area contributed by atoms with E-state index < -0.39 is 0 Å². The molecule has 0 aliphatic heterocycles. The van der Waals surface area contributed by atoms with E-state index in [1.807, 2.05) is 6.92 Å². The molecule has 0 radical (unpaired) electrons. The quantitative estimate of drug-likeness (QED) is 0.882. The summed E-state index contributed by atoms with van der Waals surface area (Å²) in [5, 5.41) is 4.05. The van der Waals surface area contributed by atoms with Crippen LogP contribution in [-0.4, -0.2) is 11.7 Å². The lowest BCUT2D eigenvalue weighted by molar-refractivity contribution is 0.426. The standard InChI is InChI=1S/C14H18N2O/c1-9-4-5-10(2)13(8-9)14-12(6-7-15)11(3)16-17-14/h4-5,8H,6-7,15H2,1-3H3. The zero-order valence-corrected chi connectivity index (χ0v) is 10.6. The van der Waals surface area contributed by atoms with Crippen molar-refractivity contribution in [1.29, 1.82) is 0 Å². The first kappa shape index (κ1) is 11.9. The third-order valence-corrected chi connectivity index (χ3v) is 3.02. The Balaban J connectivity index is 2.56. The molecule has 17 heavy (non-hydrogen) atoms. The van der Waals surface area contributed by atoms with E-state index in [1.54, 1.807) is 0 Å². The van der Waals surface area contributed by atoms with Gasteiger partial charge in [0, 0.05) is 11.1 Å². The molecule has 2 rings (SSSR count). The highest BCUT2D eigenvalue weighted by atomic mass is 16.5. The Bertz CT molecular complexity index is 529. The van der Waals surface area contributed by atoms with E-state index in [1.165, 1.54) is 11.1 Å². The number of aryl methyl sites for hydroxylation is 3. The van der Waals surface area contributed by atoms with Crippen LogP contribution in [0.3, 0.4) is 0 Å². The summed E-state index contributed by atoms with van der Waals surface area (Å²) in [7, 11) is 0. The lowest BCUT2D eigenvalue weighted by Crippen LogP contribution is -2.04. The first-order valence-electron chi connectivity index (χ1n) is 5.86. The molecule has 0 aliphatic carbocycles. The maximum Gasteiger partial charge on any atom is 0.170 e. The first-order chi connectivity index (χ1) is 8.13. The molecule has 0 spiro atoms. The summed E-state index contributed by atoms with van der Waals surface area (Å²) < 4.78 is 5.46. The van der Waals surface area contributed by atoms with Gasteiger partial charge in [-0.15, -0.1) is 0 Å². The molecule has 2 N–H and O–H groups in total. The second kappa shape index (κ2) is 4.72. The van der Waals surface area contributed by atoms with Gasteiger partial charge in [-0.1, -0.05) is 22.9 Å². The number of rotatable bonds is 3. The lowest BCUT2D eigenvalue weighted by atomic mass is 9.99. The maximum absolute atomic E-state index is 5.63. The highest BCUT2D eigenvalue weighted by Crippen LogP contribution is 2.29. The highest BCUT2D eigenvalue weighted by molar-refractivity contribution is 5.66. The fourth-order valence-electron chi connectivity index (χ4n) is 2.02. The van der Waals surface area contributed by atoms with Crippen molar-refractivity contribution in [3.63, 3.8) is 0 Å². The molecule has 0 atom stereocenters. The van der Waals surface area contributed by atoms with Crippen molar-refractivity contribution in [1.82, 2.24) is 5.16 Å². The topological polar surface area (TPSA) is 52.0 Å². The summed E-state index contributed by atoms with van der Waals surface area (Å²) in [6.45, 7) is 6.73. The van der Waals surface area contributed by atoms with Crippen LogP contribution in [0.4, 0.5) is 0 Å². The van der Waals surface area contributed by atoms with Crippen LogP contribution in [-0.2, 0) is 6.42 Å².